The topological polar surface area (TPSA) is 241 Å². The van der Waals surface area contributed by atoms with Crippen LogP contribution in [0.15, 0.2) is 78.9 Å². The van der Waals surface area contributed by atoms with Crippen molar-refractivity contribution in [3.63, 3.8) is 0 Å². The Balaban J connectivity index is 0.00000134. The van der Waals surface area contributed by atoms with E-state index >= 15 is 13.6 Å². The van der Waals surface area contributed by atoms with E-state index in [2.05, 4.69) is 40.1 Å². The first-order valence-electron chi connectivity index (χ1n) is 32.6. The molecule has 0 saturated carbocycles. The molecule has 8 amide bonds. The first kappa shape index (κ1) is 72.7. The lowest BCUT2D eigenvalue weighted by Gasteiger charge is -2.40. The number of hydrogen-bond acceptors (Lipinski definition) is 14. The molecule has 5 heterocycles. The summed E-state index contributed by atoms with van der Waals surface area (Å²) in [5, 5.41) is 11.0. The summed E-state index contributed by atoms with van der Waals surface area (Å²) in [6, 6.07) is 16.1. The zero-order chi connectivity index (χ0) is 69.3. The van der Waals surface area contributed by atoms with Gasteiger partial charge in [-0.15, -0.1) is 0 Å². The van der Waals surface area contributed by atoms with Crippen LogP contribution >= 0.6 is 0 Å². The lowest BCUT2D eigenvalue weighted by atomic mass is 9.83. The summed E-state index contributed by atoms with van der Waals surface area (Å²) in [5.74, 6) is -6.35. The fourth-order valence-corrected chi connectivity index (χ4v) is 12.2. The molecule has 5 aliphatic rings. The van der Waals surface area contributed by atoms with Gasteiger partial charge in [-0.2, -0.15) is 0 Å². The minimum absolute atomic E-state index is 0.0218. The van der Waals surface area contributed by atoms with Crippen molar-refractivity contribution in [1.82, 2.24) is 35.1 Å². The Morgan fingerprint density at radius 3 is 2.08 bits per heavy atom. The van der Waals surface area contributed by atoms with Crippen LogP contribution in [-0.2, 0) is 66.1 Å². The van der Waals surface area contributed by atoms with Crippen LogP contribution in [0, 0.1) is 23.4 Å². The Hall–Kier alpha value is -8.13. The van der Waals surface area contributed by atoms with Gasteiger partial charge >= 0.3 is 12.2 Å². The van der Waals surface area contributed by atoms with E-state index in [1.54, 1.807) is 82.5 Å². The number of anilines is 3. The van der Waals surface area contributed by atoms with Crippen LogP contribution in [0.5, 0.6) is 0 Å². The molecule has 0 bridgehead atoms. The smallest absolute Gasteiger partial charge is 0.410 e. The van der Waals surface area contributed by atoms with Gasteiger partial charge in [-0.25, -0.2) is 22.8 Å². The highest BCUT2D eigenvalue weighted by atomic mass is 19.1. The number of amides is 8. The third-order valence-electron chi connectivity index (χ3n) is 17.9. The predicted molar refractivity (Wildman–Crippen MR) is 352 cm³/mol. The van der Waals surface area contributed by atoms with Gasteiger partial charge in [0.25, 0.3) is 5.91 Å². The lowest BCUT2D eigenvalue weighted by molar-refractivity contribution is -0.144. The molecule has 0 aromatic heterocycles. The molecule has 516 valence electrons. The van der Waals surface area contributed by atoms with Gasteiger partial charge in [0.05, 0.1) is 25.2 Å². The number of carbonyl (C=O) groups is 8. The van der Waals surface area contributed by atoms with Crippen LogP contribution in [0.25, 0.3) is 0 Å². The molecule has 5 aliphatic heterocycles. The quantitative estimate of drug-likeness (QED) is 0.0728. The number of benzene rings is 4. The van der Waals surface area contributed by atoms with Crippen LogP contribution in [0.3, 0.4) is 0 Å². The SMILES string of the molecule is CC1CN(CC(=O)N2C[C@@](C)(C(=O)NCCCC(=O)Nc3ccc4c(c3)C(C(=O)Nc3c(F)cccc3F)N(C(=O)C(NC(=O)[C@H](C)N(C)C(=O)OC(C)(C)C)C3CCOCC3)C4)c3ccc(Cc4ccc(F)cc4)cc32)CCN1C(=O)OC(C)(C)C.CC1COCCN1C. The van der Waals surface area contributed by atoms with Crippen LogP contribution < -0.4 is 26.2 Å². The molecule has 6 atom stereocenters. The Kier molecular flexibility index (Phi) is 23.8. The molecule has 0 aliphatic carbocycles. The van der Waals surface area contributed by atoms with E-state index in [4.69, 9.17) is 18.9 Å². The Morgan fingerprint density at radius 1 is 0.779 bits per heavy atom. The molecule has 22 nitrogen and oxygen atoms in total. The summed E-state index contributed by atoms with van der Waals surface area (Å²) in [5.41, 5.74) is 0.375. The third kappa shape index (κ3) is 18.7. The zero-order valence-electron chi connectivity index (χ0n) is 56.7. The van der Waals surface area contributed by atoms with Crippen molar-refractivity contribution in [3.8, 4) is 0 Å². The normalized spacial score (nSPS) is 20.6. The van der Waals surface area contributed by atoms with Gasteiger partial charge in [0.15, 0.2) is 0 Å². The number of likely N-dealkylation sites (N-methyl/N-ethyl adjacent to an activating group) is 2. The molecule has 4 N–H and O–H groups in total. The average molecular weight is 1320 g/mol. The predicted octanol–water partition coefficient (Wildman–Crippen LogP) is 8.30. The summed E-state index contributed by atoms with van der Waals surface area (Å²) in [6.45, 7) is 22.4. The number of ether oxygens (including phenoxy) is 4. The first-order chi connectivity index (χ1) is 44.8. The highest BCUT2D eigenvalue weighted by Crippen LogP contribution is 2.43. The molecule has 4 aromatic carbocycles. The highest BCUT2D eigenvalue weighted by Gasteiger charge is 2.48. The summed E-state index contributed by atoms with van der Waals surface area (Å²) >= 11 is 0. The van der Waals surface area contributed by atoms with E-state index in [9.17, 15) is 38.0 Å². The number of rotatable bonds is 17. The molecule has 9 rings (SSSR count). The van der Waals surface area contributed by atoms with E-state index < -0.39 is 93.8 Å². The number of hydrogen-bond donors (Lipinski definition) is 4. The first-order valence-corrected chi connectivity index (χ1v) is 32.6. The van der Waals surface area contributed by atoms with Crippen molar-refractivity contribution in [2.75, 3.05) is 102 Å². The molecular formula is C70H93F3N10O12. The molecule has 0 spiro atoms. The van der Waals surface area contributed by atoms with Crippen molar-refractivity contribution in [2.45, 2.75) is 155 Å². The van der Waals surface area contributed by atoms with E-state index in [-0.39, 0.29) is 87.2 Å². The number of para-hydroxylation sites is 1. The van der Waals surface area contributed by atoms with Crippen LogP contribution in [0.1, 0.15) is 129 Å². The van der Waals surface area contributed by atoms with Crippen molar-refractivity contribution in [3.05, 3.63) is 124 Å². The van der Waals surface area contributed by atoms with Gasteiger partial charge in [0.2, 0.25) is 29.5 Å². The van der Waals surface area contributed by atoms with E-state index in [0.717, 1.165) is 54.0 Å². The maximum atomic E-state index is 15.1. The monoisotopic (exact) mass is 1320 g/mol. The number of piperazine rings is 1. The molecule has 3 saturated heterocycles. The molecule has 4 unspecified atom stereocenters. The standard InChI is InChI=1S/C64H80F3N9O11.C6H13NO/c1-38-34-73(27-28-74(38)61(84)87-63(6,7)8)36-52(78)76-37-64(9,47-23-18-41(32-50(47)76)31-40-16-20-44(65)21-17-40)59(82)68-26-12-15-51(77)69-45-22-19-43-35-75(55(46(43)33-45)57(80)71-54-48(66)13-11-14-49(54)67)58(81)53(42-24-29-85-30-25-42)70-56(79)39(2)72(10)60(83)86-62(3,4)5;1-6-5-8-4-3-7(6)2/h11,13-14,16-23,32-33,38-39,42,53,55H,12,15,24-31,34-37H2,1-10H3,(H,68,82)(H,69,77)(H,70,79)(H,71,80);6H,3-5H2,1-2H3/t38?,39-,53?,55?,64+;/m0./s1. The number of morpholine rings is 1. The summed E-state index contributed by atoms with van der Waals surface area (Å²) < 4.78 is 65.9. The summed E-state index contributed by atoms with van der Waals surface area (Å²) in [4.78, 5) is 122. The second-order valence-corrected chi connectivity index (χ2v) is 27.6. The number of fused-ring (bicyclic) bond motifs is 2. The maximum absolute atomic E-state index is 15.1. The van der Waals surface area contributed by atoms with E-state index in [1.165, 1.54) is 37.1 Å². The fourth-order valence-electron chi connectivity index (χ4n) is 12.2. The minimum Gasteiger partial charge on any atom is -0.444 e. The lowest BCUT2D eigenvalue weighted by Crippen LogP contribution is -2.57. The van der Waals surface area contributed by atoms with Crippen molar-refractivity contribution in [1.29, 1.82) is 0 Å². The average Bonchev–Trinajstić information content (AvgIpc) is 1.61. The van der Waals surface area contributed by atoms with Crippen molar-refractivity contribution in [2.24, 2.45) is 5.92 Å². The van der Waals surface area contributed by atoms with Crippen LogP contribution in [0.4, 0.5) is 39.8 Å². The van der Waals surface area contributed by atoms with Gasteiger partial charge in [-0.1, -0.05) is 36.4 Å². The number of halogens is 3. The summed E-state index contributed by atoms with van der Waals surface area (Å²) in [6.07, 6.45) is 0.0880. The van der Waals surface area contributed by atoms with Crippen LogP contribution in [-0.4, -0.2) is 194 Å². The third-order valence-corrected chi connectivity index (χ3v) is 17.9. The molecule has 3 fully saturated rings. The van der Waals surface area contributed by atoms with Gasteiger partial charge in [0.1, 0.15) is 52.5 Å². The largest absolute Gasteiger partial charge is 0.444 e. The number of carbonyl (C=O) groups excluding carboxylic acids is 8. The number of nitrogens with zero attached hydrogens (tertiary/aromatic N) is 6. The Labute approximate surface area is 554 Å². The summed E-state index contributed by atoms with van der Waals surface area (Å²) in [7, 11) is 3.53. The molecular weight excluding hydrogens is 1230 g/mol. The maximum Gasteiger partial charge on any atom is 0.410 e. The molecule has 25 heteroatoms. The fraction of sp³-hybridized carbons (Fsp3) is 0.543. The number of nitrogens with one attached hydrogen (secondary N) is 4. The minimum atomic E-state index is -1.51. The van der Waals surface area contributed by atoms with E-state index in [0.29, 0.717) is 61.8 Å². The van der Waals surface area contributed by atoms with Gasteiger partial charge in [-0.3, -0.25) is 43.5 Å². The van der Waals surface area contributed by atoms with Gasteiger partial charge in [-0.05, 0) is 178 Å². The Bertz CT molecular complexity index is 3420. The zero-order valence-corrected chi connectivity index (χ0v) is 56.7. The van der Waals surface area contributed by atoms with Crippen molar-refractivity contribution >= 4 is 64.7 Å². The molecule has 0 radical (unpaired) electrons. The van der Waals surface area contributed by atoms with Crippen molar-refractivity contribution < 1.29 is 70.5 Å². The van der Waals surface area contributed by atoms with Gasteiger partial charge < -0.3 is 54.9 Å². The second kappa shape index (κ2) is 31.2. The second-order valence-electron chi connectivity index (χ2n) is 27.6. The molecule has 4 aromatic rings. The molecule has 95 heavy (non-hydrogen) atoms. The van der Waals surface area contributed by atoms with Gasteiger partial charge in [0, 0.05) is 96.0 Å². The van der Waals surface area contributed by atoms with Crippen LogP contribution in [0.2, 0.25) is 0 Å². The Morgan fingerprint density at radius 2 is 1.45 bits per heavy atom. The highest BCUT2D eigenvalue weighted by molar-refractivity contribution is 6.04. The van der Waals surface area contributed by atoms with E-state index in [1.807, 2.05) is 30.0 Å².